The number of nitrogens with one attached hydrogen (secondary N) is 1. The molecule has 0 bridgehead atoms. The van der Waals surface area contributed by atoms with E-state index in [1.165, 1.54) is 44.1 Å². The molecule has 1 fully saturated rings. The second-order valence-corrected chi connectivity index (χ2v) is 5.46. The predicted octanol–water partition coefficient (Wildman–Crippen LogP) is 3.63. The summed E-state index contributed by atoms with van der Waals surface area (Å²) in [5, 5.41) is 3.50. The van der Waals surface area contributed by atoms with Gasteiger partial charge in [0.05, 0.1) is 12.5 Å². The Morgan fingerprint density at radius 3 is 2.94 bits per heavy atom. The van der Waals surface area contributed by atoms with Crippen molar-refractivity contribution in [3.05, 3.63) is 24.2 Å². The van der Waals surface area contributed by atoms with Crippen molar-refractivity contribution >= 4 is 0 Å². The highest BCUT2D eigenvalue weighted by Gasteiger charge is 2.29. The van der Waals surface area contributed by atoms with Crippen LogP contribution in [0.1, 0.15) is 44.6 Å². The van der Waals surface area contributed by atoms with Crippen molar-refractivity contribution in [2.75, 3.05) is 7.05 Å². The lowest BCUT2D eigenvalue weighted by Crippen LogP contribution is -2.39. The Labute approximate surface area is 105 Å². The van der Waals surface area contributed by atoms with E-state index in [2.05, 4.69) is 25.4 Å². The van der Waals surface area contributed by atoms with Crippen molar-refractivity contribution in [2.45, 2.75) is 51.5 Å². The number of hydrogen-bond donors (Lipinski definition) is 1. The van der Waals surface area contributed by atoms with E-state index in [4.69, 9.17) is 4.42 Å². The third-order valence-corrected chi connectivity index (χ3v) is 4.24. The lowest BCUT2D eigenvalue weighted by molar-refractivity contribution is 0.200. The maximum Gasteiger partial charge on any atom is 0.0934 e. The Hall–Kier alpha value is -0.760. The molecule has 0 saturated heterocycles. The van der Waals surface area contributed by atoms with E-state index in [1.807, 2.05) is 6.26 Å². The third kappa shape index (κ3) is 3.35. The summed E-state index contributed by atoms with van der Waals surface area (Å²) in [6.07, 6.45) is 11.7. The van der Waals surface area contributed by atoms with Crippen LogP contribution < -0.4 is 5.32 Å². The summed E-state index contributed by atoms with van der Waals surface area (Å²) in [5.74, 6) is 1.73. The molecule has 1 aromatic rings. The van der Waals surface area contributed by atoms with Crippen LogP contribution in [0, 0.1) is 11.8 Å². The smallest absolute Gasteiger partial charge is 0.0934 e. The molecule has 0 spiro atoms. The van der Waals surface area contributed by atoms with Crippen molar-refractivity contribution < 1.29 is 4.42 Å². The van der Waals surface area contributed by atoms with Gasteiger partial charge in [0.15, 0.2) is 0 Å². The molecule has 0 amide bonds. The highest BCUT2D eigenvalue weighted by Crippen LogP contribution is 2.34. The van der Waals surface area contributed by atoms with Gasteiger partial charge < -0.3 is 9.73 Å². The van der Waals surface area contributed by atoms with Crippen molar-refractivity contribution in [1.82, 2.24) is 5.32 Å². The molecule has 1 N–H and O–H groups in total. The third-order valence-electron chi connectivity index (χ3n) is 4.24. The van der Waals surface area contributed by atoms with Crippen LogP contribution in [0.25, 0.3) is 0 Å². The van der Waals surface area contributed by atoms with E-state index in [0.29, 0.717) is 6.04 Å². The Morgan fingerprint density at radius 2 is 2.29 bits per heavy atom. The lowest BCUT2D eigenvalue weighted by atomic mass is 9.74. The molecular formula is C15H25NO. The molecule has 2 nitrogen and oxygen atoms in total. The zero-order valence-corrected chi connectivity index (χ0v) is 11.1. The molecule has 2 heteroatoms. The normalized spacial score (nSPS) is 29.4. The fourth-order valence-electron chi connectivity index (χ4n) is 3.35. The molecule has 1 aliphatic carbocycles. The predicted molar refractivity (Wildman–Crippen MR) is 71.0 cm³/mol. The first-order chi connectivity index (χ1) is 8.33. The molecule has 3 atom stereocenters. The van der Waals surface area contributed by atoms with Crippen molar-refractivity contribution in [1.29, 1.82) is 0 Å². The van der Waals surface area contributed by atoms with Crippen LogP contribution in [0.5, 0.6) is 0 Å². The van der Waals surface area contributed by atoms with Gasteiger partial charge in [0.2, 0.25) is 0 Å². The first-order valence-electron chi connectivity index (χ1n) is 7.01. The van der Waals surface area contributed by atoms with Gasteiger partial charge in [-0.2, -0.15) is 0 Å². The van der Waals surface area contributed by atoms with Crippen molar-refractivity contribution in [3.8, 4) is 0 Å². The highest BCUT2D eigenvalue weighted by molar-refractivity contribution is 5.07. The first-order valence-corrected chi connectivity index (χ1v) is 7.01. The van der Waals surface area contributed by atoms with E-state index >= 15 is 0 Å². The molecule has 96 valence electrons. The molecular weight excluding hydrogens is 210 g/mol. The maximum absolute atomic E-state index is 5.18. The fourth-order valence-corrected chi connectivity index (χ4v) is 3.35. The summed E-state index contributed by atoms with van der Waals surface area (Å²) in [5.41, 5.74) is 1.35. The largest absolute Gasteiger partial charge is 0.472 e. The van der Waals surface area contributed by atoms with Crippen LogP contribution >= 0.6 is 0 Å². The van der Waals surface area contributed by atoms with Crippen molar-refractivity contribution in [3.63, 3.8) is 0 Å². The van der Waals surface area contributed by atoms with E-state index in [1.54, 1.807) is 6.26 Å². The molecule has 1 saturated carbocycles. The summed E-state index contributed by atoms with van der Waals surface area (Å²) in [7, 11) is 2.10. The Bertz CT molecular complexity index is 307. The van der Waals surface area contributed by atoms with Crippen LogP contribution in [-0.4, -0.2) is 13.1 Å². The van der Waals surface area contributed by atoms with Crippen LogP contribution in [0.3, 0.4) is 0 Å². The van der Waals surface area contributed by atoms with Crippen molar-refractivity contribution in [2.24, 2.45) is 11.8 Å². The van der Waals surface area contributed by atoms with Gasteiger partial charge in [-0.3, -0.25) is 0 Å². The molecule has 2 rings (SSSR count). The number of rotatable bonds is 5. The highest BCUT2D eigenvalue weighted by atomic mass is 16.3. The minimum atomic E-state index is 0.693. The SMILES string of the molecule is CCCC1CCC(NC)C(Cc2ccoc2)C1. The van der Waals surface area contributed by atoms with Gasteiger partial charge in [0, 0.05) is 6.04 Å². The van der Waals surface area contributed by atoms with E-state index in [9.17, 15) is 0 Å². The summed E-state index contributed by atoms with van der Waals surface area (Å²) in [6.45, 7) is 2.30. The molecule has 0 aliphatic heterocycles. The zero-order valence-electron chi connectivity index (χ0n) is 11.1. The second kappa shape index (κ2) is 6.25. The molecule has 1 aliphatic rings. The zero-order chi connectivity index (χ0) is 12.1. The summed E-state index contributed by atoms with van der Waals surface area (Å²) < 4.78 is 5.18. The molecule has 0 aromatic carbocycles. The lowest BCUT2D eigenvalue weighted by Gasteiger charge is -2.36. The summed E-state index contributed by atoms with van der Waals surface area (Å²) in [4.78, 5) is 0. The molecule has 1 aromatic heterocycles. The van der Waals surface area contributed by atoms with Crippen LogP contribution in [-0.2, 0) is 6.42 Å². The molecule has 0 radical (unpaired) electrons. The topological polar surface area (TPSA) is 25.2 Å². The van der Waals surface area contributed by atoms with Gasteiger partial charge in [0.25, 0.3) is 0 Å². The minimum Gasteiger partial charge on any atom is -0.472 e. The van der Waals surface area contributed by atoms with Gasteiger partial charge in [-0.1, -0.05) is 19.8 Å². The number of hydrogen-bond acceptors (Lipinski definition) is 2. The maximum atomic E-state index is 5.18. The Kier molecular flexibility index (Phi) is 4.66. The van der Waals surface area contributed by atoms with Gasteiger partial charge in [-0.05, 0) is 56.2 Å². The molecule has 1 heterocycles. The standard InChI is InChI=1S/C15H25NO/c1-3-4-12-5-6-15(16-2)14(9-12)10-13-7-8-17-11-13/h7-8,11-12,14-16H,3-6,9-10H2,1-2H3. The Balaban J connectivity index is 1.94. The van der Waals surface area contributed by atoms with E-state index < -0.39 is 0 Å². The Morgan fingerprint density at radius 1 is 1.41 bits per heavy atom. The van der Waals surface area contributed by atoms with Gasteiger partial charge in [0.1, 0.15) is 0 Å². The fraction of sp³-hybridized carbons (Fsp3) is 0.733. The molecule has 3 unspecified atom stereocenters. The second-order valence-electron chi connectivity index (χ2n) is 5.46. The summed E-state index contributed by atoms with van der Waals surface area (Å²) >= 11 is 0. The monoisotopic (exact) mass is 235 g/mol. The van der Waals surface area contributed by atoms with Gasteiger partial charge in [-0.15, -0.1) is 0 Å². The van der Waals surface area contributed by atoms with E-state index in [0.717, 1.165) is 11.8 Å². The van der Waals surface area contributed by atoms with Crippen LogP contribution in [0.2, 0.25) is 0 Å². The molecule has 17 heavy (non-hydrogen) atoms. The summed E-state index contributed by atoms with van der Waals surface area (Å²) in [6, 6.07) is 2.80. The van der Waals surface area contributed by atoms with Crippen LogP contribution in [0.15, 0.2) is 23.0 Å². The van der Waals surface area contributed by atoms with Crippen LogP contribution in [0.4, 0.5) is 0 Å². The van der Waals surface area contributed by atoms with E-state index in [-0.39, 0.29) is 0 Å². The minimum absolute atomic E-state index is 0.693. The van der Waals surface area contributed by atoms with Gasteiger partial charge in [-0.25, -0.2) is 0 Å². The number of furan rings is 1. The quantitative estimate of drug-likeness (QED) is 0.843. The first kappa shape index (κ1) is 12.7. The average Bonchev–Trinajstić information content (AvgIpc) is 2.83. The average molecular weight is 235 g/mol. The van der Waals surface area contributed by atoms with Gasteiger partial charge >= 0.3 is 0 Å².